The first-order valence-corrected chi connectivity index (χ1v) is 12.3. The zero-order valence-electron chi connectivity index (χ0n) is 22.1. The normalized spacial score (nSPS) is 13.0. The average Bonchev–Trinajstić information content (AvgIpc) is 2.99. The minimum Gasteiger partial charge on any atom is -0.497 e. The van der Waals surface area contributed by atoms with Crippen LogP contribution in [0.5, 0.6) is 28.7 Å². The fourth-order valence-electron chi connectivity index (χ4n) is 4.81. The van der Waals surface area contributed by atoms with Gasteiger partial charge in [-0.05, 0) is 47.5 Å². The average molecular weight is 533 g/mol. The van der Waals surface area contributed by atoms with Crippen molar-refractivity contribution in [2.24, 2.45) is 0 Å². The predicted octanol–water partition coefficient (Wildman–Crippen LogP) is 4.95. The Labute approximate surface area is 224 Å². The highest BCUT2D eigenvalue weighted by molar-refractivity contribution is 5.87. The van der Waals surface area contributed by atoms with E-state index < -0.39 is 11.9 Å². The van der Waals surface area contributed by atoms with Crippen molar-refractivity contribution in [3.8, 4) is 39.9 Å². The second-order valence-electron chi connectivity index (χ2n) is 8.85. The van der Waals surface area contributed by atoms with Crippen LogP contribution in [0.3, 0.4) is 0 Å². The lowest BCUT2D eigenvalue weighted by molar-refractivity contribution is -0.140. The van der Waals surface area contributed by atoms with Crippen LogP contribution in [-0.2, 0) is 9.53 Å². The molecule has 9 nitrogen and oxygen atoms in total. The van der Waals surface area contributed by atoms with Gasteiger partial charge in [-0.25, -0.2) is 0 Å². The van der Waals surface area contributed by atoms with Gasteiger partial charge in [0.15, 0.2) is 11.5 Å². The Hall–Kier alpha value is -4.66. The van der Waals surface area contributed by atoms with Gasteiger partial charge in [-0.2, -0.15) is 0 Å². The molecule has 0 saturated carbocycles. The maximum absolute atomic E-state index is 13.7. The molecule has 1 aromatic heterocycles. The molecule has 0 saturated heterocycles. The highest BCUT2D eigenvalue weighted by Gasteiger charge is 2.30. The minimum atomic E-state index is -0.629. The van der Waals surface area contributed by atoms with Crippen molar-refractivity contribution in [2.75, 3.05) is 41.7 Å². The first-order chi connectivity index (χ1) is 19.0. The second kappa shape index (κ2) is 11.0. The molecule has 39 heavy (non-hydrogen) atoms. The number of carbonyl (C=O) groups excluding carboxylic acids is 1. The van der Waals surface area contributed by atoms with Crippen LogP contribution in [0.25, 0.3) is 22.1 Å². The fraction of sp³-hybridized carbons (Fsp3) is 0.267. The molecule has 0 fully saturated rings. The number of rotatable bonds is 8. The van der Waals surface area contributed by atoms with Gasteiger partial charge < -0.3 is 32.8 Å². The molecule has 0 amide bonds. The molecular weight excluding hydrogens is 504 g/mol. The summed E-state index contributed by atoms with van der Waals surface area (Å²) < 4.78 is 39.3. The Morgan fingerprint density at radius 3 is 2.33 bits per heavy atom. The molecule has 1 aliphatic heterocycles. The summed E-state index contributed by atoms with van der Waals surface area (Å²) in [4.78, 5) is 26.3. The van der Waals surface area contributed by atoms with Crippen LogP contribution in [0.1, 0.15) is 23.5 Å². The van der Waals surface area contributed by atoms with Crippen molar-refractivity contribution in [2.45, 2.75) is 12.3 Å². The number of benzene rings is 3. The van der Waals surface area contributed by atoms with Crippen LogP contribution in [0, 0.1) is 0 Å². The molecule has 5 rings (SSSR count). The molecule has 1 atom stereocenters. The molecule has 0 unspecified atom stereocenters. The van der Waals surface area contributed by atoms with E-state index >= 15 is 0 Å². The minimum absolute atomic E-state index is 0.0568. The number of esters is 1. The zero-order valence-corrected chi connectivity index (χ0v) is 22.1. The maximum Gasteiger partial charge on any atom is 0.306 e. The van der Waals surface area contributed by atoms with E-state index in [1.54, 1.807) is 55.6 Å². The predicted molar refractivity (Wildman–Crippen MR) is 143 cm³/mol. The maximum atomic E-state index is 13.7. The lowest BCUT2D eigenvalue weighted by Crippen LogP contribution is -2.18. The van der Waals surface area contributed by atoms with E-state index in [9.17, 15) is 9.59 Å². The largest absolute Gasteiger partial charge is 0.497 e. The summed E-state index contributed by atoms with van der Waals surface area (Å²) in [5.74, 6) is 1.49. The van der Waals surface area contributed by atoms with Crippen molar-refractivity contribution >= 4 is 16.9 Å². The van der Waals surface area contributed by atoms with Crippen LogP contribution in [0.4, 0.5) is 0 Å². The van der Waals surface area contributed by atoms with Gasteiger partial charge >= 0.3 is 5.97 Å². The third-order valence-corrected chi connectivity index (χ3v) is 6.76. The number of fused-ring (bicyclic) bond motifs is 2. The standard InChI is InChI=1S/C30H28O9/c1-33-19-7-5-17(6-8-19)22-16-39-29-20(28(22)32)9-10-23(34-2)27(29)21(15-26(31)36-4)18-13-24(35-3)30-25(14-18)37-11-12-38-30/h5-10,13-14,16,21H,11-12,15H2,1-4H3/t21-/m1/s1. The quantitative estimate of drug-likeness (QED) is 0.292. The van der Waals surface area contributed by atoms with Gasteiger partial charge in [-0.15, -0.1) is 0 Å². The Morgan fingerprint density at radius 2 is 1.64 bits per heavy atom. The van der Waals surface area contributed by atoms with E-state index in [0.717, 1.165) is 0 Å². The lowest BCUT2D eigenvalue weighted by atomic mass is 9.86. The first kappa shape index (κ1) is 26.0. The summed E-state index contributed by atoms with van der Waals surface area (Å²) in [6.45, 7) is 0.773. The van der Waals surface area contributed by atoms with Gasteiger partial charge in [0, 0.05) is 11.5 Å². The highest BCUT2D eigenvalue weighted by atomic mass is 16.6. The van der Waals surface area contributed by atoms with E-state index in [0.29, 0.717) is 75.2 Å². The van der Waals surface area contributed by atoms with Gasteiger partial charge in [0.05, 0.1) is 45.8 Å². The molecule has 202 valence electrons. The summed E-state index contributed by atoms with van der Waals surface area (Å²) in [6, 6.07) is 14.1. The summed E-state index contributed by atoms with van der Waals surface area (Å²) in [6.07, 6.45) is 1.37. The third kappa shape index (κ3) is 4.83. The van der Waals surface area contributed by atoms with Crippen molar-refractivity contribution < 1.29 is 37.6 Å². The van der Waals surface area contributed by atoms with E-state index in [4.69, 9.17) is 32.8 Å². The summed E-state index contributed by atoms with van der Waals surface area (Å²) in [5, 5.41) is 0.346. The second-order valence-corrected chi connectivity index (χ2v) is 8.85. The van der Waals surface area contributed by atoms with Crippen molar-refractivity contribution in [1.82, 2.24) is 0 Å². The molecule has 1 aliphatic rings. The topological polar surface area (TPSA) is 103 Å². The zero-order chi connectivity index (χ0) is 27.5. The summed E-state index contributed by atoms with van der Waals surface area (Å²) >= 11 is 0. The van der Waals surface area contributed by atoms with E-state index in [-0.39, 0.29) is 11.8 Å². The Bertz CT molecular complexity index is 1550. The molecule has 2 heterocycles. The van der Waals surface area contributed by atoms with E-state index in [2.05, 4.69) is 0 Å². The number of ether oxygens (including phenoxy) is 6. The Kier molecular flexibility index (Phi) is 7.31. The van der Waals surface area contributed by atoms with Crippen LogP contribution in [-0.4, -0.2) is 47.6 Å². The Morgan fingerprint density at radius 1 is 0.897 bits per heavy atom. The summed E-state index contributed by atoms with van der Waals surface area (Å²) in [7, 11) is 5.96. The van der Waals surface area contributed by atoms with Crippen LogP contribution in [0.15, 0.2) is 64.0 Å². The third-order valence-electron chi connectivity index (χ3n) is 6.76. The first-order valence-electron chi connectivity index (χ1n) is 12.3. The monoisotopic (exact) mass is 532 g/mol. The van der Waals surface area contributed by atoms with E-state index in [1.165, 1.54) is 27.6 Å². The van der Waals surface area contributed by atoms with Crippen molar-refractivity contribution in [1.29, 1.82) is 0 Å². The number of carbonyl (C=O) groups is 1. The number of hydrogen-bond acceptors (Lipinski definition) is 9. The highest BCUT2D eigenvalue weighted by Crippen LogP contribution is 2.46. The Balaban J connectivity index is 1.72. The molecule has 9 heteroatoms. The van der Waals surface area contributed by atoms with Gasteiger partial charge in [0.1, 0.15) is 36.6 Å². The molecule has 0 radical (unpaired) electrons. The molecule has 0 aliphatic carbocycles. The molecular formula is C30H28O9. The SMILES string of the molecule is COC(=O)C[C@H](c1cc(OC)c2c(c1)OCCO2)c1c(OC)ccc2c(=O)c(-c3ccc(OC)cc3)coc12. The van der Waals surface area contributed by atoms with Gasteiger partial charge in [-0.3, -0.25) is 9.59 Å². The van der Waals surface area contributed by atoms with Crippen LogP contribution in [0.2, 0.25) is 0 Å². The van der Waals surface area contributed by atoms with Crippen molar-refractivity contribution in [3.05, 3.63) is 76.1 Å². The lowest BCUT2D eigenvalue weighted by Gasteiger charge is -2.25. The molecule has 3 aromatic carbocycles. The molecule has 4 aromatic rings. The van der Waals surface area contributed by atoms with Gasteiger partial charge in [0.25, 0.3) is 0 Å². The van der Waals surface area contributed by atoms with Gasteiger partial charge in [0.2, 0.25) is 11.2 Å². The molecule has 0 N–H and O–H groups in total. The number of methoxy groups -OCH3 is 4. The van der Waals surface area contributed by atoms with Crippen LogP contribution >= 0.6 is 0 Å². The fourth-order valence-corrected chi connectivity index (χ4v) is 4.81. The number of hydrogen-bond donors (Lipinski definition) is 0. The smallest absolute Gasteiger partial charge is 0.306 e. The molecule has 0 spiro atoms. The van der Waals surface area contributed by atoms with E-state index in [1.807, 2.05) is 0 Å². The van der Waals surface area contributed by atoms with Gasteiger partial charge in [-0.1, -0.05) is 12.1 Å². The summed E-state index contributed by atoms with van der Waals surface area (Å²) in [5.41, 5.74) is 2.37. The van der Waals surface area contributed by atoms with Crippen molar-refractivity contribution in [3.63, 3.8) is 0 Å². The van der Waals surface area contributed by atoms with Crippen LogP contribution < -0.4 is 29.1 Å². The molecule has 0 bridgehead atoms.